The number of carbonyl (C=O) groups excluding carboxylic acids is 1. The summed E-state index contributed by atoms with van der Waals surface area (Å²) in [5.74, 6) is 0.995. The molecule has 0 N–H and O–H groups in total. The van der Waals surface area contributed by atoms with Gasteiger partial charge < -0.3 is 4.74 Å². The van der Waals surface area contributed by atoms with Gasteiger partial charge in [-0.25, -0.2) is 0 Å². The lowest BCUT2D eigenvalue weighted by molar-refractivity contribution is -0.137. The quantitative estimate of drug-likeness (QED) is 0.414. The summed E-state index contributed by atoms with van der Waals surface area (Å²) < 4.78 is 5.05. The van der Waals surface area contributed by atoms with Crippen molar-refractivity contribution < 1.29 is 9.53 Å². The molecule has 1 atom stereocenters. The Morgan fingerprint density at radius 2 is 1.85 bits per heavy atom. The van der Waals surface area contributed by atoms with Crippen LogP contribution in [0.25, 0.3) is 0 Å². The van der Waals surface area contributed by atoms with Gasteiger partial charge in [-0.15, -0.1) is 0 Å². The minimum Gasteiger partial charge on any atom is -0.435 e. The van der Waals surface area contributed by atoms with Crippen molar-refractivity contribution in [3.8, 4) is 0 Å². The Balaban J connectivity index is 2.23. The third kappa shape index (κ3) is 6.93. The lowest BCUT2D eigenvalue weighted by atomic mass is 9.97. The fourth-order valence-corrected chi connectivity index (χ4v) is 1.58. The van der Waals surface area contributed by atoms with Crippen molar-refractivity contribution in [3.63, 3.8) is 0 Å². The Morgan fingerprint density at radius 1 is 1.15 bits per heavy atom. The zero-order valence-corrected chi connectivity index (χ0v) is 12.6. The standard InChI is InChI=1S/C18H24O2/c1-15(2)16(3)10-6-5-9-13-20-18(19)14-17-11-7-4-8-12-17/h4,6-13,15-16H,5,14H2,1-3H3/b10-6+,13-9+. The van der Waals surface area contributed by atoms with E-state index in [9.17, 15) is 4.79 Å². The van der Waals surface area contributed by atoms with E-state index >= 15 is 0 Å². The summed E-state index contributed by atoms with van der Waals surface area (Å²) in [6.07, 6.45) is 8.73. The van der Waals surface area contributed by atoms with Crippen LogP contribution in [-0.2, 0) is 16.0 Å². The number of hydrogen-bond acceptors (Lipinski definition) is 2. The number of rotatable bonds is 7. The molecule has 1 unspecified atom stereocenters. The maximum Gasteiger partial charge on any atom is 0.315 e. The van der Waals surface area contributed by atoms with Crippen LogP contribution in [0.2, 0.25) is 0 Å². The van der Waals surface area contributed by atoms with Crippen LogP contribution in [0.3, 0.4) is 0 Å². The molecule has 0 amide bonds. The second kappa shape index (κ2) is 9.13. The maximum absolute atomic E-state index is 11.6. The minimum atomic E-state index is -0.230. The van der Waals surface area contributed by atoms with Crippen LogP contribution in [-0.4, -0.2) is 5.97 Å². The van der Waals surface area contributed by atoms with Gasteiger partial charge in [-0.1, -0.05) is 63.3 Å². The molecule has 0 aliphatic carbocycles. The van der Waals surface area contributed by atoms with Gasteiger partial charge in [0, 0.05) is 0 Å². The topological polar surface area (TPSA) is 26.3 Å². The Bertz CT molecular complexity index is 444. The molecule has 1 aromatic rings. The van der Waals surface area contributed by atoms with Crippen molar-refractivity contribution in [2.24, 2.45) is 11.8 Å². The van der Waals surface area contributed by atoms with Crippen LogP contribution in [0.1, 0.15) is 32.8 Å². The predicted molar refractivity (Wildman–Crippen MR) is 83.1 cm³/mol. The zero-order valence-electron chi connectivity index (χ0n) is 12.6. The summed E-state index contributed by atoms with van der Waals surface area (Å²) >= 11 is 0. The molecular weight excluding hydrogens is 248 g/mol. The number of esters is 1. The molecule has 0 fully saturated rings. The van der Waals surface area contributed by atoms with Gasteiger partial charge in [-0.3, -0.25) is 4.79 Å². The summed E-state index contributed by atoms with van der Waals surface area (Å²) in [5, 5.41) is 0. The first-order valence-electron chi connectivity index (χ1n) is 7.14. The first-order chi connectivity index (χ1) is 9.59. The van der Waals surface area contributed by atoms with E-state index in [1.807, 2.05) is 36.4 Å². The molecule has 0 heterocycles. The van der Waals surface area contributed by atoms with Crippen molar-refractivity contribution in [3.05, 3.63) is 60.4 Å². The molecule has 0 bridgehead atoms. The first-order valence-corrected chi connectivity index (χ1v) is 7.14. The van der Waals surface area contributed by atoms with E-state index in [0.717, 1.165) is 12.0 Å². The molecule has 0 saturated heterocycles. The molecule has 2 nitrogen and oxygen atoms in total. The minimum absolute atomic E-state index is 0.230. The molecule has 0 aliphatic rings. The van der Waals surface area contributed by atoms with E-state index in [2.05, 4.69) is 32.9 Å². The number of benzene rings is 1. The Morgan fingerprint density at radius 3 is 2.50 bits per heavy atom. The molecule has 108 valence electrons. The van der Waals surface area contributed by atoms with Crippen LogP contribution >= 0.6 is 0 Å². The fraction of sp³-hybridized carbons (Fsp3) is 0.389. The number of hydrogen-bond donors (Lipinski definition) is 0. The molecule has 20 heavy (non-hydrogen) atoms. The van der Waals surface area contributed by atoms with Crippen molar-refractivity contribution in [1.29, 1.82) is 0 Å². The highest BCUT2D eigenvalue weighted by Crippen LogP contribution is 2.11. The summed E-state index contributed by atoms with van der Waals surface area (Å²) in [4.78, 5) is 11.6. The van der Waals surface area contributed by atoms with Gasteiger partial charge in [0.25, 0.3) is 0 Å². The number of ether oxygens (including phenoxy) is 1. The molecule has 2 heteroatoms. The molecule has 0 radical (unpaired) electrons. The van der Waals surface area contributed by atoms with Gasteiger partial charge in [0.05, 0.1) is 12.7 Å². The molecular formula is C18H24O2. The van der Waals surface area contributed by atoms with Gasteiger partial charge in [-0.05, 0) is 29.9 Å². The van der Waals surface area contributed by atoms with Gasteiger partial charge in [0.2, 0.25) is 0 Å². The first kappa shape index (κ1) is 16.2. The maximum atomic E-state index is 11.6. The normalized spacial score (nSPS) is 13.2. The zero-order chi connectivity index (χ0) is 14.8. The van der Waals surface area contributed by atoms with Crippen molar-refractivity contribution in [1.82, 2.24) is 0 Å². The predicted octanol–water partition coefficient (Wildman–Crippen LogP) is 4.52. The van der Waals surface area contributed by atoms with Crippen molar-refractivity contribution in [2.75, 3.05) is 0 Å². The molecule has 0 spiro atoms. The molecule has 0 saturated carbocycles. The van der Waals surface area contributed by atoms with Crippen LogP contribution in [0, 0.1) is 11.8 Å². The van der Waals surface area contributed by atoms with E-state index in [4.69, 9.17) is 4.74 Å². The van der Waals surface area contributed by atoms with E-state index < -0.39 is 0 Å². The lowest BCUT2D eigenvalue weighted by Gasteiger charge is -2.08. The summed E-state index contributed by atoms with van der Waals surface area (Å²) in [5.41, 5.74) is 0.969. The highest BCUT2D eigenvalue weighted by Gasteiger charge is 2.02. The van der Waals surface area contributed by atoms with Crippen LogP contribution < -0.4 is 0 Å². The van der Waals surface area contributed by atoms with Crippen LogP contribution in [0.15, 0.2) is 54.8 Å². The van der Waals surface area contributed by atoms with E-state index in [0.29, 0.717) is 18.3 Å². The van der Waals surface area contributed by atoms with Gasteiger partial charge in [0.1, 0.15) is 0 Å². The number of allylic oxidation sites excluding steroid dienone is 3. The van der Waals surface area contributed by atoms with Gasteiger partial charge >= 0.3 is 5.97 Å². The van der Waals surface area contributed by atoms with Crippen LogP contribution in [0.5, 0.6) is 0 Å². The molecule has 0 aliphatic heterocycles. The third-order valence-corrected chi connectivity index (χ3v) is 3.25. The summed E-state index contributed by atoms with van der Waals surface area (Å²) in [7, 11) is 0. The van der Waals surface area contributed by atoms with Crippen molar-refractivity contribution >= 4 is 5.97 Å². The fourth-order valence-electron chi connectivity index (χ4n) is 1.58. The van der Waals surface area contributed by atoms with E-state index in [1.165, 1.54) is 6.26 Å². The summed E-state index contributed by atoms with van der Waals surface area (Å²) in [6, 6.07) is 9.60. The van der Waals surface area contributed by atoms with Gasteiger partial charge in [0.15, 0.2) is 0 Å². The molecule has 1 rings (SSSR count). The average Bonchev–Trinajstić information content (AvgIpc) is 2.43. The summed E-state index contributed by atoms with van der Waals surface area (Å²) in [6.45, 7) is 6.61. The Kier molecular flexibility index (Phi) is 7.41. The van der Waals surface area contributed by atoms with Crippen molar-refractivity contribution in [2.45, 2.75) is 33.6 Å². The second-order valence-corrected chi connectivity index (χ2v) is 5.29. The Hall–Kier alpha value is -1.83. The largest absolute Gasteiger partial charge is 0.435 e. The van der Waals surface area contributed by atoms with Gasteiger partial charge in [-0.2, -0.15) is 0 Å². The Labute approximate surface area is 122 Å². The lowest BCUT2D eigenvalue weighted by Crippen LogP contribution is -2.03. The average molecular weight is 272 g/mol. The number of carbonyl (C=O) groups is 1. The van der Waals surface area contributed by atoms with E-state index in [1.54, 1.807) is 0 Å². The van der Waals surface area contributed by atoms with E-state index in [-0.39, 0.29) is 5.97 Å². The highest BCUT2D eigenvalue weighted by molar-refractivity contribution is 5.73. The SMILES string of the molecule is CC(C)C(C)/C=C/C/C=C/OC(=O)Cc1ccccc1. The molecule has 0 aromatic heterocycles. The smallest absolute Gasteiger partial charge is 0.315 e. The highest BCUT2D eigenvalue weighted by atomic mass is 16.5. The van der Waals surface area contributed by atoms with Crippen LogP contribution in [0.4, 0.5) is 0 Å². The molecule has 1 aromatic carbocycles. The second-order valence-electron chi connectivity index (χ2n) is 5.29. The monoisotopic (exact) mass is 272 g/mol. The third-order valence-electron chi connectivity index (χ3n) is 3.25.